The second-order valence-electron chi connectivity index (χ2n) is 2.76. The van der Waals surface area contributed by atoms with Crippen molar-refractivity contribution in [2.45, 2.75) is 20.8 Å². The summed E-state index contributed by atoms with van der Waals surface area (Å²) in [4.78, 5) is 19.0. The summed E-state index contributed by atoms with van der Waals surface area (Å²) in [6.07, 6.45) is 0. The van der Waals surface area contributed by atoms with E-state index in [2.05, 4.69) is 4.74 Å². The van der Waals surface area contributed by atoms with Gasteiger partial charge >= 0.3 is 5.97 Å². The van der Waals surface area contributed by atoms with Gasteiger partial charge in [-0.25, -0.2) is 0 Å². The summed E-state index contributed by atoms with van der Waals surface area (Å²) >= 11 is 0. The van der Waals surface area contributed by atoms with Crippen LogP contribution in [0.3, 0.4) is 0 Å². The Kier molecular flexibility index (Phi) is 13.0. The number of carbonyl (C=O) groups is 2. The van der Waals surface area contributed by atoms with Crippen molar-refractivity contribution in [2.24, 2.45) is 0 Å². The van der Waals surface area contributed by atoms with Crippen LogP contribution in [0.25, 0.3) is 0 Å². The predicted octanol–water partition coefficient (Wildman–Crippen LogP) is 2.46. The topological polar surface area (TPSA) is 43.4 Å². The first-order chi connectivity index (χ1) is 7.00. The summed E-state index contributed by atoms with van der Waals surface area (Å²) in [5, 5.41) is 0. The molecular weight excluding hydrogens is 192 g/mol. The highest BCUT2D eigenvalue weighted by Crippen LogP contribution is 1.79. The molecule has 0 N–H and O–H groups in total. The summed E-state index contributed by atoms with van der Waals surface area (Å²) in [5.74, 6) is -0.0787. The molecule has 0 unspecified atom stereocenters. The van der Waals surface area contributed by atoms with Gasteiger partial charge in [-0.2, -0.15) is 0 Å². The van der Waals surface area contributed by atoms with E-state index in [1.807, 2.05) is 36.4 Å². The van der Waals surface area contributed by atoms with Gasteiger partial charge in [-0.05, 0) is 13.8 Å². The van der Waals surface area contributed by atoms with E-state index in [0.717, 1.165) is 0 Å². The van der Waals surface area contributed by atoms with Crippen molar-refractivity contribution in [3.05, 3.63) is 36.4 Å². The molecule has 0 amide bonds. The number of hydrogen-bond donors (Lipinski definition) is 0. The fourth-order valence-electron chi connectivity index (χ4n) is 0.385. The van der Waals surface area contributed by atoms with Crippen molar-refractivity contribution in [3.8, 4) is 0 Å². The van der Waals surface area contributed by atoms with E-state index in [4.69, 9.17) is 0 Å². The largest absolute Gasteiger partial charge is 0.469 e. The third-order valence-corrected chi connectivity index (χ3v) is 0.954. The SMILES string of the molecule is CC(C)=O.COC(C)=O.c1ccccc1. The van der Waals surface area contributed by atoms with Crippen molar-refractivity contribution in [1.82, 2.24) is 0 Å². The maximum atomic E-state index is 9.59. The van der Waals surface area contributed by atoms with Crippen molar-refractivity contribution in [3.63, 3.8) is 0 Å². The van der Waals surface area contributed by atoms with Gasteiger partial charge < -0.3 is 9.53 Å². The number of Topliss-reactive ketones (excluding diaryl/α,β-unsaturated/α-hetero) is 1. The summed E-state index contributed by atoms with van der Waals surface area (Å²) in [6.45, 7) is 4.42. The third-order valence-electron chi connectivity index (χ3n) is 0.954. The number of methoxy groups -OCH3 is 1. The van der Waals surface area contributed by atoms with Gasteiger partial charge in [0.05, 0.1) is 7.11 Å². The van der Waals surface area contributed by atoms with E-state index < -0.39 is 0 Å². The summed E-state index contributed by atoms with van der Waals surface area (Å²) in [5.41, 5.74) is 0. The zero-order valence-electron chi connectivity index (χ0n) is 9.69. The summed E-state index contributed by atoms with van der Waals surface area (Å²) in [7, 11) is 1.35. The number of rotatable bonds is 0. The molecule has 0 fully saturated rings. The smallest absolute Gasteiger partial charge is 0.302 e. The Labute approximate surface area is 91.1 Å². The number of carbonyl (C=O) groups excluding carboxylic acids is 2. The normalized spacial score (nSPS) is 7.20. The number of ketones is 1. The van der Waals surface area contributed by atoms with Gasteiger partial charge in [0.2, 0.25) is 0 Å². The van der Waals surface area contributed by atoms with Crippen LogP contribution in [-0.2, 0) is 14.3 Å². The zero-order chi connectivity index (χ0) is 12.1. The molecule has 0 radical (unpaired) electrons. The molecule has 0 bridgehead atoms. The Bertz CT molecular complexity index is 224. The second kappa shape index (κ2) is 12.4. The quantitative estimate of drug-likeness (QED) is 0.618. The highest BCUT2D eigenvalue weighted by molar-refractivity contribution is 5.72. The van der Waals surface area contributed by atoms with Crippen LogP contribution < -0.4 is 0 Å². The molecule has 0 heterocycles. The van der Waals surface area contributed by atoms with E-state index in [9.17, 15) is 9.59 Å². The van der Waals surface area contributed by atoms with Gasteiger partial charge in [-0.1, -0.05) is 36.4 Å². The van der Waals surface area contributed by atoms with E-state index in [1.54, 1.807) is 0 Å². The van der Waals surface area contributed by atoms with Gasteiger partial charge in [-0.3, -0.25) is 4.79 Å². The first-order valence-electron chi connectivity index (χ1n) is 4.52. The first kappa shape index (κ1) is 15.8. The van der Waals surface area contributed by atoms with Gasteiger partial charge in [0, 0.05) is 6.92 Å². The maximum Gasteiger partial charge on any atom is 0.302 e. The molecule has 0 saturated heterocycles. The molecule has 0 aliphatic rings. The lowest BCUT2D eigenvalue weighted by atomic mass is 10.4. The standard InChI is InChI=1S/C6H6.C3H6O2.C3H6O/c1-2-4-6-5-3-1;1-3(4)5-2;1-3(2)4/h1-6H;1-2H3;1-2H3. The number of hydrogen-bond acceptors (Lipinski definition) is 3. The number of ether oxygens (including phenoxy) is 1. The van der Waals surface area contributed by atoms with Crippen molar-refractivity contribution in [1.29, 1.82) is 0 Å². The van der Waals surface area contributed by atoms with Gasteiger partial charge in [0.1, 0.15) is 5.78 Å². The highest BCUT2D eigenvalue weighted by atomic mass is 16.5. The van der Waals surface area contributed by atoms with E-state index in [-0.39, 0.29) is 11.8 Å². The number of benzene rings is 1. The van der Waals surface area contributed by atoms with Crippen LogP contribution in [0.2, 0.25) is 0 Å². The van der Waals surface area contributed by atoms with E-state index >= 15 is 0 Å². The second-order valence-corrected chi connectivity index (χ2v) is 2.76. The lowest BCUT2D eigenvalue weighted by molar-refractivity contribution is -0.137. The first-order valence-corrected chi connectivity index (χ1v) is 4.52. The van der Waals surface area contributed by atoms with Crippen LogP contribution >= 0.6 is 0 Å². The molecule has 1 aromatic rings. The molecule has 0 aliphatic heterocycles. The van der Waals surface area contributed by atoms with Crippen LogP contribution in [0.1, 0.15) is 20.8 Å². The molecule has 84 valence electrons. The molecule has 3 nitrogen and oxygen atoms in total. The van der Waals surface area contributed by atoms with Crippen molar-refractivity contribution < 1.29 is 14.3 Å². The van der Waals surface area contributed by atoms with Crippen LogP contribution in [0.4, 0.5) is 0 Å². The summed E-state index contributed by atoms with van der Waals surface area (Å²) in [6, 6.07) is 12.0. The molecule has 0 aromatic heterocycles. The Balaban J connectivity index is 0. The fraction of sp³-hybridized carbons (Fsp3) is 0.333. The molecule has 0 spiro atoms. The Morgan fingerprint density at radius 2 is 0.933 bits per heavy atom. The molecule has 3 heteroatoms. The molecule has 1 aromatic carbocycles. The lowest BCUT2D eigenvalue weighted by Gasteiger charge is -1.80. The van der Waals surface area contributed by atoms with Crippen LogP contribution in [0.5, 0.6) is 0 Å². The van der Waals surface area contributed by atoms with Crippen molar-refractivity contribution >= 4 is 11.8 Å². The summed E-state index contributed by atoms with van der Waals surface area (Å²) < 4.78 is 4.11. The van der Waals surface area contributed by atoms with Crippen LogP contribution in [0, 0.1) is 0 Å². The molecule has 1 rings (SSSR count). The van der Waals surface area contributed by atoms with Crippen LogP contribution in [-0.4, -0.2) is 18.9 Å². The average Bonchev–Trinajstić information content (AvgIpc) is 2.20. The Morgan fingerprint density at radius 1 is 0.800 bits per heavy atom. The monoisotopic (exact) mass is 210 g/mol. The fourth-order valence-corrected chi connectivity index (χ4v) is 0.385. The minimum atomic E-state index is -0.245. The van der Waals surface area contributed by atoms with E-state index in [1.165, 1.54) is 27.9 Å². The van der Waals surface area contributed by atoms with Gasteiger partial charge in [0.15, 0.2) is 0 Å². The minimum absolute atomic E-state index is 0.167. The minimum Gasteiger partial charge on any atom is -0.469 e. The average molecular weight is 210 g/mol. The number of esters is 1. The molecule has 15 heavy (non-hydrogen) atoms. The van der Waals surface area contributed by atoms with Gasteiger partial charge in [-0.15, -0.1) is 0 Å². The molecular formula is C12H18O3. The predicted molar refractivity (Wildman–Crippen MR) is 60.5 cm³/mol. The maximum absolute atomic E-state index is 9.59. The third kappa shape index (κ3) is 32.8. The molecule has 0 saturated carbocycles. The Hall–Kier alpha value is -1.64. The van der Waals surface area contributed by atoms with Crippen molar-refractivity contribution in [2.75, 3.05) is 7.11 Å². The molecule has 0 aliphatic carbocycles. The lowest BCUT2D eigenvalue weighted by Crippen LogP contribution is -1.88. The van der Waals surface area contributed by atoms with E-state index in [0.29, 0.717) is 0 Å². The van der Waals surface area contributed by atoms with Crippen LogP contribution in [0.15, 0.2) is 36.4 Å². The zero-order valence-corrected chi connectivity index (χ0v) is 9.69. The highest BCUT2D eigenvalue weighted by Gasteiger charge is 1.75. The Morgan fingerprint density at radius 3 is 1.00 bits per heavy atom. The molecule has 0 atom stereocenters. The van der Waals surface area contributed by atoms with Gasteiger partial charge in [0.25, 0.3) is 0 Å².